The minimum atomic E-state index is -4.90. The average Bonchev–Trinajstić information content (AvgIpc) is 3.53. The van der Waals surface area contributed by atoms with E-state index < -0.39 is 53.1 Å². The SMILES string of the molecule is Cc1cc(Cl)c(C(=O)CN(CC2CCCC2)C(=O)c2cnn([C@H]3CC[C@@](C)(C(=O)O)CC3)c2C(F)(F)F)c(Cl)c1. The third-order valence-electron chi connectivity index (χ3n) is 8.26. The summed E-state index contributed by atoms with van der Waals surface area (Å²) in [4.78, 5) is 39.8. The third-order valence-corrected chi connectivity index (χ3v) is 8.85. The maximum absolute atomic E-state index is 14.4. The van der Waals surface area contributed by atoms with Crippen LogP contribution < -0.4 is 0 Å². The van der Waals surface area contributed by atoms with Crippen LogP contribution >= 0.6 is 23.2 Å². The van der Waals surface area contributed by atoms with Crippen molar-refractivity contribution < 1.29 is 32.7 Å². The highest BCUT2D eigenvalue weighted by Crippen LogP contribution is 2.43. The van der Waals surface area contributed by atoms with Crippen LogP contribution in [0.1, 0.15) is 96.3 Å². The Labute approximate surface area is 240 Å². The number of carboxylic acids is 1. The highest BCUT2D eigenvalue weighted by atomic mass is 35.5. The quantitative estimate of drug-likeness (QED) is 0.322. The van der Waals surface area contributed by atoms with Crippen molar-refractivity contribution in [2.24, 2.45) is 11.3 Å². The van der Waals surface area contributed by atoms with Crippen LogP contribution in [0.15, 0.2) is 18.3 Å². The number of aryl methyl sites for hydroxylation is 1. The molecule has 7 nitrogen and oxygen atoms in total. The summed E-state index contributed by atoms with van der Waals surface area (Å²) >= 11 is 12.6. The predicted octanol–water partition coefficient (Wildman–Crippen LogP) is 7.24. The van der Waals surface area contributed by atoms with Gasteiger partial charge in [-0.3, -0.25) is 19.1 Å². The Balaban J connectivity index is 1.66. The average molecular weight is 602 g/mol. The van der Waals surface area contributed by atoms with Crippen LogP contribution in [-0.2, 0) is 11.0 Å². The lowest BCUT2D eigenvalue weighted by atomic mass is 9.74. The van der Waals surface area contributed by atoms with Crippen molar-refractivity contribution in [1.29, 1.82) is 0 Å². The van der Waals surface area contributed by atoms with Gasteiger partial charge in [-0.05, 0) is 76.0 Å². The molecule has 1 heterocycles. The first-order chi connectivity index (χ1) is 18.7. The molecule has 0 aliphatic heterocycles. The van der Waals surface area contributed by atoms with Gasteiger partial charge in [-0.15, -0.1) is 0 Å². The molecule has 2 fully saturated rings. The van der Waals surface area contributed by atoms with E-state index in [4.69, 9.17) is 23.2 Å². The van der Waals surface area contributed by atoms with Crippen molar-refractivity contribution in [3.63, 3.8) is 0 Å². The molecule has 1 N–H and O–H groups in total. The zero-order valence-electron chi connectivity index (χ0n) is 22.4. The van der Waals surface area contributed by atoms with E-state index in [-0.39, 0.29) is 53.8 Å². The summed E-state index contributed by atoms with van der Waals surface area (Å²) in [6.07, 6.45) is 0.237. The van der Waals surface area contributed by atoms with Crippen molar-refractivity contribution in [3.05, 3.63) is 50.8 Å². The van der Waals surface area contributed by atoms with Gasteiger partial charge in [0, 0.05) is 6.54 Å². The Morgan fingerprint density at radius 2 is 1.68 bits per heavy atom. The van der Waals surface area contributed by atoms with Crippen molar-refractivity contribution in [2.45, 2.75) is 77.4 Å². The molecule has 1 amide bonds. The zero-order valence-corrected chi connectivity index (χ0v) is 23.9. The number of hydrogen-bond acceptors (Lipinski definition) is 4. The molecule has 4 rings (SSSR count). The molecule has 2 saturated carbocycles. The number of carbonyl (C=O) groups is 3. The number of carboxylic acid groups (broad SMARTS) is 1. The molecule has 1 aromatic heterocycles. The zero-order chi connectivity index (χ0) is 29.4. The van der Waals surface area contributed by atoms with Crippen molar-refractivity contribution in [1.82, 2.24) is 14.7 Å². The van der Waals surface area contributed by atoms with Crippen LogP contribution in [0, 0.1) is 18.3 Å². The van der Waals surface area contributed by atoms with Crippen LogP contribution in [0.5, 0.6) is 0 Å². The number of benzene rings is 1. The second-order valence-electron chi connectivity index (χ2n) is 11.3. The van der Waals surface area contributed by atoms with Gasteiger partial charge in [0.2, 0.25) is 0 Å². The molecule has 0 bridgehead atoms. The van der Waals surface area contributed by atoms with Gasteiger partial charge in [-0.1, -0.05) is 36.0 Å². The molecule has 0 saturated heterocycles. The fourth-order valence-corrected chi connectivity index (χ4v) is 6.70. The minimum Gasteiger partial charge on any atom is -0.481 e. The van der Waals surface area contributed by atoms with Gasteiger partial charge in [0.1, 0.15) is 0 Å². The number of carbonyl (C=O) groups excluding carboxylic acids is 2. The lowest BCUT2D eigenvalue weighted by molar-refractivity contribution is -0.152. The maximum atomic E-state index is 14.4. The van der Waals surface area contributed by atoms with E-state index in [1.807, 2.05) is 0 Å². The molecule has 0 atom stereocenters. The number of ketones is 1. The number of amides is 1. The lowest BCUT2D eigenvalue weighted by Gasteiger charge is -2.34. The Hall–Kier alpha value is -2.59. The first-order valence-electron chi connectivity index (χ1n) is 13.4. The molecule has 0 unspecified atom stereocenters. The molecule has 0 spiro atoms. The summed E-state index contributed by atoms with van der Waals surface area (Å²) in [6, 6.07) is 2.42. The summed E-state index contributed by atoms with van der Waals surface area (Å²) in [5.74, 6) is -2.44. The van der Waals surface area contributed by atoms with E-state index in [9.17, 15) is 32.7 Å². The highest BCUT2D eigenvalue weighted by molar-refractivity contribution is 6.40. The number of rotatable bonds is 8. The van der Waals surface area contributed by atoms with Crippen LogP contribution in [0.25, 0.3) is 0 Å². The van der Waals surface area contributed by atoms with Gasteiger partial charge in [0.25, 0.3) is 5.91 Å². The number of nitrogens with zero attached hydrogens (tertiary/aromatic N) is 3. The second kappa shape index (κ2) is 11.7. The van der Waals surface area contributed by atoms with E-state index in [2.05, 4.69) is 5.10 Å². The molecule has 12 heteroatoms. The van der Waals surface area contributed by atoms with Crippen molar-refractivity contribution in [3.8, 4) is 0 Å². The van der Waals surface area contributed by atoms with E-state index in [0.717, 1.165) is 47.0 Å². The molecule has 2 aliphatic rings. The van der Waals surface area contributed by atoms with E-state index in [1.54, 1.807) is 26.0 Å². The van der Waals surface area contributed by atoms with E-state index in [1.165, 1.54) is 0 Å². The van der Waals surface area contributed by atoms with Gasteiger partial charge in [-0.25, -0.2) is 0 Å². The minimum absolute atomic E-state index is 0.0218. The standard InChI is InChI=1S/C28H32Cl2F3N3O4/c1-16-11-20(29)23(21(30)12-16)22(37)15-35(14-17-5-3-4-6-17)25(38)19-13-34-36(24(19)28(31,32)33)18-7-9-27(2,10-8-18)26(39)40/h11-13,17-18H,3-10,14-15H2,1-2H3,(H,39,40)/t18-,27+. The number of aromatic nitrogens is 2. The third kappa shape index (κ3) is 6.33. The number of halogens is 5. The van der Waals surface area contributed by atoms with Crippen LogP contribution in [0.3, 0.4) is 0 Å². The Morgan fingerprint density at radius 1 is 1.10 bits per heavy atom. The van der Waals surface area contributed by atoms with Gasteiger partial charge < -0.3 is 10.0 Å². The predicted molar refractivity (Wildman–Crippen MR) is 144 cm³/mol. The fraction of sp³-hybridized carbons (Fsp3) is 0.571. The van der Waals surface area contributed by atoms with Gasteiger partial charge in [-0.2, -0.15) is 18.3 Å². The van der Waals surface area contributed by atoms with Crippen LogP contribution in [0.2, 0.25) is 10.0 Å². The Bertz CT molecular complexity index is 1270. The lowest BCUT2D eigenvalue weighted by Crippen LogP contribution is -2.40. The molecule has 2 aromatic rings. The molecular weight excluding hydrogens is 570 g/mol. The number of Topliss-reactive ketones (excluding diaryl/α,β-unsaturated/α-hetero) is 1. The molecular formula is C28H32Cl2F3N3O4. The van der Waals surface area contributed by atoms with Gasteiger partial charge in [0.05, 0.1) is 45.4 Å². The fourth-order valence-electron chi connectivity index (χ4n) is 5.89. The summed E-state index contributed by atoms with van der Waals surface area (Å²) in [6.45, 7) is 2.97. The first-order valence-corrected chi connectivity index (χ1v) is 14.1. The van der Waals surface area contributed by atoms with Gasteiger partial charge >= 0.3 is 12.1 Å². The van der Waals surface area contributed by atoms with Crippen molar-refractivity contribution >= 4 is 40.9 Å². The number of aliphatic carboxylic acids is 1. The normalized spacial score (nSPS) is 21.9. The Morgan fingerprint density at radius 3 is 2.20 bits per heavy atom. The van der Waals surface area contributed by atoms with Crippen LogP contribution in [-0.4, -0.2) is 50.5 Å². The molecule has 0 radical (unpaired) electrons. The smallest absolute Gasteiger partial charge is 0.433 e. The van der Waals surface area contributed by atoms with Crippen LogP contribution in [0.4, 0.5) is 13.2 Å². The second-order valence-corrected chi connectivity index (χ2v) is 12.1. The number of alkyl halides is 3. The highest BCUT2D eigenvalue weighted by Gasteiger charge is 2.45. The first kappa shape index (κ1) is 30.4. The topological polar surface area (TPSA) is 92.5 Å². The molecule has 40 heavy (non-hydrogen) atoms. The molecule has 2 aliphatic carbocycles. The monoisotopic (exact) mass is 601 g/mol. The number of hydrogen-bond donors (Lipinski definition) is 1. The maximum Gasteiger partial charge on any atom is 0.433 e. The summed E-state index contributed by atoms with van der Waals surface area (Å²) < 4.78 is 44.2. The van der Waals surface area contributed by atoms with E-state index >= 15 is 0 Å². The summed E-state index contributed by atoms with van der Waals surface area (Å²) in [5.41, 5.74) is -2.08. The largest absolute Gasteiger partial charge is 0.481 e. The summed E-state index contributed by atoms with van der Waals surface area (Å²) in [7, 11) is 0. The Kier molecular flexibility index (Phi) is 8.90. The van der Waals surface area contributed by atoms with Gasteiger partial charge in [0.15, 0.2) is 11.5 Å². The van der Waals surface area contributed by atoms with Crippen molar-refractivity contribution in [2.75, 3.05) is 13.1 Å². The molecule has 1 aromatic carbocycles. The summed E-state index contributed by atoms with van der Waals surface area (Å²) in [5, 5.41) is 13.7. The molecule has 218 valence electrons. The van der Waals surface area contributed by atoms with E-state index in [0.29, 0.717) is 0 Å².